The van der Waals surface area contributed by atoms with E-state index in [0.29, 0.717) is 5.56 Å². The number of rotatable bonds is 3. The van der Waals surface area contributed by atoms with E-state index in [-0.39, 0.29) is 6.42 Å². The molecule has 1 aromatic rings. The van der Waals surface area contributed by atoms with Crippen molar-refractivity contribution < 1.29 is 27.5 Å². The quantitative estimate of drug-likeness (QED) is 0.681. The first-order valence-corrected chi connectivity index (χ1v) is 5.79. The van der Waals surface area contributed by atoms with Crippen molar-refractivity contribution in [3.8, 4) is 0 Å². The number of nitrogens with two attached hydrogens (primary N) is 1. The first-order valence-electron chi connectivity index (χ1n) is 5.79. The van der Waals surface area contributed by atoms with Crippen LogP contribution in [-0.4, -0.2) is 19.0 Å². The summed E-state index contributed by atoms with van der Waals surface area (Å²) in [6.45, 7) is 0. The summed E-state index contributed by atoms with van der Waals surface area (Å²) in [7, 11) is 1.13. The Bertz CT molecular complexity index is 553. The minimum Gasteiger partial charge on any atom is -0.468 e. The zero-order valence-electron chi connectivity index (χ0n) is 10.5. The van der Waals surface area contributed by atoms with Gasteiger partial charge in [-0.3, -0.25) is 9.59 Å². The third-order valence-corrected chi connectivity index (χ3v) is 3.59. The Morgan fingerprint density at radius 2 is 1.85 bits per heavy atom. The molecule has 4 nitrogen and oxygen atoms in total. The Kier molecular flexibility index (Phi) is 3.23. The Morgan fingerprint density at radius 3 is 2.25 bits per heavy atom. The highest BCUT2D eigenvalue weighted by atomic mass is 19.4. The molecule has 0 radical (unpaired) electrons. The summed E-state index contributed by atoms with van der Waals surface area (Å²) in [6.07, 6.45) is -4.27. The van der Waals surface area contributed by atoms with Crippen molar-refractivity contribution >= 4 is 11.9 Å². The van der Waals surface area contributed by atoms with E-state index in [4.69, 9.17) is 5.73 Å². The van der Waals surface area contributed by atoms with Crippen LogP contribution < -0.4 is 5.73 Å². The molecule has 1 fully saturated rings. The number of hydrogen-bond donors (Lipinski definition) is 1. The number of primary amides is 1. The summed E-state index contributed by atoms with van der Waals surface area (Å²) in [4.78, 5) is 23.1. The second kappa shape index (κ2) is 4.50. The number of methoxy groups -OCH3 is 1. The molecule has 0 aliphatic heterocycles. The van der Waals surface area contributed by atoms with E-state index in [9.17, 15) is 22.8 Å². The van der Waals surface area contributed by atoms with Crippen molar-refractivity contribution in [1.82, 2.24) is 0 Å². The molecule has 1 aliphatic rings. The molecule has 0 saturated heterocycles. The predicted octanol–water partition coefficient (Wildman–Crippen LogP) is 1.84. The fourth-order valence-corrected chi connectivity index (χ4v) is 2.35. The smallest absolute Gasteiger partial charge is 0.416 e. The van der Waals surface area contributed by atoms with Gasteiger partial charge in [0.1, 0.15) is 0 Å². The summed E-state index contributed by atoms with van der Waals surface area (Å²) in [5, 5.41) is 0. The summed E-state index contributed by atoms with van der Waals surface area (Å²) >= 11 is 0. The fraction of sp³-hybridized carbons (Fsp3) is 0.385. The van der Waals surface area contributed by atoms with Gasteiger partial charge in [0.2, 0.25) is 5.91 Å². The molecule has 1 saturated carbocycles. The SMILES string of the molecule is COC(=O)[C@@]1(C(N)=O)C[C@H]1c1ccc(C(F)(F)F)cc1. The van der Waals surface area contributed by atoms with Crippen LogP contribution in [0.4, 0.5) is 13.2 Å². The summed E-state index contributed by atoms with van der Waals surface area (Å²) in [6, 6.07) is 4.33. The number of benzene rings is 1. The van der Waals surface area contributed by atoms with Gasteiger partial charge < -0.3 is 10.5 Å². The van der Waals surface area contributed by atoms with E-state index in [2.05, 4.69) is 4.74 Å². The van der Waals surface area contributed by atoms with Crippen molar-refractivity contribution in [3.63, 3.8) is 0 Å². The maximum atomic E-state index is 12.5. The third-order valence-electron chi connectivity index (χ3n) is 3.59. The van der Waals surface area contributed by atoms with Crippen molar-refractivity contribution in [2.75, 3.05) is 7.11 Å². The largest absolute Gasteiger partial charge is 0.468 e. The van der Waals surface area contributed by atoms with Crippen LogP contribution in [0, 0.1) is 5.41 Å². The lowest BCUT2D eigenvalue weighted by Crippen LogP contribution is -2.34. The zero-order chi connectivity index (χ0) is 15.1. The molecule has 2 N–H and O–H groups in total. The lowest BCUT2D eigenvalue weighted by Gasteiger charge is -2.12. The van der Waals surface area contributed by atoms with E-state index in [1.54, 1.807) is 0 Å². The molecule has 0 heterocycles. The average molecular weight is 287 g/mol. The second-order valence-electron chi connectivity index (χ2n) is 4.70. The van der Waals surface area contributed by atoms with E-state index in [1.807, 2.05) is 0 Å². The number of esters is 1. The van der Waals surface area contributed by atoms with Gasteiger partial charge in [-0.1, -0.05) is 12.1 Å². The number of alkyl halides is 3. The minimum atomic E-state index is -4.43. The number of amides is 1. The van der Waals surface area contributed by atoms with Crippen LogP contribution in [0.1, 0.15) is 23.5 Å². The normalized spacial score (nSPS) is 25.1. The summed E-state index contributed by atoms with van der Waals surface area (Å²) < 4.78 is 41.9. The number of halogens is 3. The first-order chi connectivity index (χ1) is 9.23. The zero-order valence-corrected chi connectivity index (χ0v) is 10.5. The monoisotopic (exact) mass is 287 g/mol. The molecule has 7 heteroatoms. The van der Waals surface area contributed by atoms with Gasteiger partial charge >= 0.3 is 12.1 Å². The molecule has 2 atom stereocenters. The highest BCUT2D eigenvalue weighted by molar-refractivity contribution is 6.06. The summed E-state index contributed by atoms with van der Waals surface area (Å²) in [5.74, 6) is -2.11. The molecule has 20 heavy (non-hydrogen) atoms. The van der Waals surface area contributed by atoms with E-state index in [0.717, 1.165) is 19.2 Å². The highest BCUT2D eigenvalue weighted by Gasteiger charge is 2.66. The van der Waals surface area contributed by atoms with Gasteiger partial charge in [0.05, 0.1) is 12.7 Å². The first kappa shape index (κ1) is 14.4. The predicted molar refractivity (Wildman–Crippen MR) is 62.4 cm³/mol. The van der Waals surface area contributed by atoms with Gasteiger partial charge in [0, 0.05) is 5.92 Å². The average Bonchev–Trinajstić information content (AvgIpc) is 3.13. The molecule has 1 aromatic carbocycles. The van der Waals surface area contributed by atoms with Crippen LogP contribution in [0.25, 0.3) is 0 Å². The Morgan fingerprint density at radius 1 is 1.30 bits per heavy atom. The van der Waals surface area contributed by atoms with Crippen molar-refractivity contribution in [2.45, 2.75) is 18.5 Å². The van der Waals surface area contributed by atoms with Gasteiger partial charge in [-0.05, 0) is 24.1 Å². The Balaban J connectivity index is 2.27. The van der Waals surface area contributed by atoms with E-state index < -0.39 is 34.9 Å². The topological polar surface area (TPSA) is 69.4 Å². The van der Waals surface area contributed by atoms with Gasteiger partial charge in [0.25, 0.3) is 0 Å². The molecule has 0 aromatic heterocycles. The number of carbonyl (C=O) groups is 2. The maximum Gasteiger partial charge on any atom is 0.416 e. The molecular formula is C13H12F3NO3. The molecule has 2 rings (SSSR count). The van der Waals surface area contributed by atoms with Crippen LogP contribution in [0.5, 0.6) is 0 Å². The lowest BCUT2D eigenvalue weighted by atomic mass is 9.97. The van der Waals surface area contributed by atoms with Crippen LogP contribution in [0.15, 0.2) is 24.3 Å². The van der Waals surface area contributed by atoms with Crippen LogP contribution in [-0.2, 0) is 20.5 Å². The second-order valence-corrected chi connectivity index (χ2v) is 4.70. The number of carbonyl (C=O) groups excluding carboxylic acids is 2. The van der Waals surface area contributed by atoms with Gasteiger partial charge in [0.15, 0.2) is 5.41 Å². The van der Waals surface area contributed by atoms with Crippen LogP contribution in [0.2, 0.25) is 0 Å². The molecule has 1 aliphatic carbocycles. The van der Waals surface area contributed by atoms with Crippen LogP contribution >= 0.6 is 0 Å². The van der Waals surface area contributed by atoms with Gasteiger partial charge in [-0.25, -0.2) is 0 Å². The van der Waals surface area contributed by atoms with Crippen molar-refractivity contribution in [1.29, 1.82) is 0 Å². The third kappa shape index (κ3) is 2.13. The lowest BCUT2D eigenvalue weighted by molar-refractivity contribution is -0.151. The number of ether oxygens (including phenoxy) is 1. The molecule has 1 amide bonds. The molecule has 0 spiro atoms. The van der Waals surface area contributed by atoms with E-state index >= 15 is 0 Å². The Hall–Kier alpha value is -2.05. The molecule has 0 bridgehead atoms. The highest BCUT2D eigenvalue weighted by Crippen LogP contribution is 2.60. The fourth-order valence-electron chi connectivity index (χ4n) is 2.35. The maximum absolute atomic E-state index is 12.5. The van der Waals surface area contributed by atoms with Gasteiger partial charge in [-0.15, -0.1) is 0 Å². The van der Waals surface area contributed by atoms with Gasteiger partial charge in [-0.2, -0.15) is 13.2 Å². The molecule has 0 unspecified atom stereocenters. The van der Waals surface area contributed by atoms with Crippen molar-refractivity contribution in [2.24, 2.45) is 11.1 Å². The van der Waals surface area contributed by atoms with Crippen molar-refractivity contribution in [3.05, 3.63) is 35.4 Å². The standard InChI is InChI=1S/C13H12F3NO3/c1-20-11(19)12(10(17)18)6-9(12)7-2-4-8(5-3-7)13(14,15)16/h2-5,9H,6H2,1H3,(H2,17,18)/t9-,12-/m0/s1. The van der Waals surface area contributed by atoms with Crippen LogP contribution in [0.3, 0.4) is 0 Å². The van der Waals surface area contributed by atoms with E-state index in [1.165, 1.54) is 12.1 Å². The number of hydrogen-bond acceptors (Lipinski definition) is 3. The summed E-state index contributed by atoms with van der Waals surface area (Å²) in [5.41, 5.74) is 3.44. The molecule has 108 valence electrons. The minimum absolute atomic E-state index is 0.153. The Labute approximate surface area is 112 Å². The molecular weight excluding hydrogens is 275 g/mol.